The Morgan fingerprint density at radius 1 is 0.448 bits per heavy atom. The third-order valence-electron chi connectivity index (χ3n) is 5.37. The molecule has 1 heteroatoms. The van der Waals surface area contributed by atoms with E-state index in [9.17, 15) is 0 Å². The summed E-state index contributed by atoms with van der Waals surface area (Å²) in [6, 6.07) is 39.5. The van der Waals surface area contributed by atoms with Gasteiger partial charge in [-0.2, -0.15) is 0 Å². The fourth-order valence-electron chi connectivity index (χ4n) is 4.40. The van der Waals surface area contributed by atoms with Crippen molar-refractivity contribution in [3.8, 4) is 11.1 Å². The molecule has 2 N–H and O–H groups in total. The van der Waals surface area contributed by atoms with Crippen LogP contribution in [0.4, 0.5) is 0 Å². The van der Waals surface area contributed by atoms with Crippen molar-refractivity contribution in [3.05, 3.63) is 131 Å². The number of hydrogen-bond donors (Lipinski definition) is 1. The van der Waals surface area contributed by atoms with Crippen molar-refractivity contribution in [3.63, 3.8) is 0 Å². The van der Waals surface area contributed by atoms with E-state index in [0.717, 1.165) is 0 Å². The van der Waals surface area contributed by atoms with Gasteiger partial charge >= 0.3 is 0 Å². The largest absolute Gasteiger partial charge is 0.333 e. The van der Waals surface area contributed by atoms with Crippen LogP contribution in [-0.4, -0.2) is 7.05 Å². The lowest BCUT2D eigenvalue weighted by Gasteiger charge is -2.33. The molecule has 0 radical (unpaired) electrons. The first-order valence-corrected chi connectivity index (χ1v) is 10.3. The lowest BCUT2D eigenvalue weighted by atomic mass is 9.68. The van der Waals surface area contributed by atoms with Crippen LogP contribution < -0.4 is 5.73 Å². The van der Waals surface area contributed by atoms with Gasteiger partial charge in [0, 0.05) is 0 Å². The van der Waals surface area contributed by atoms with E-state index in [1.54, 1.807) is 0 Å². The molecule has 4 aromatic carbocycles. The molecule has 0 spiro atoms. The van der Waals surface area contributed by atoms with E-state index in [1.807, 2.05) is 13.8 Å². The summed E-state index contributed by atoms with van der Waals surface area (Å²) in [6.45, 7) is 4.00. The van der Waals surface area contributed by atoms with E-state index in [4.69, 9.17) is 0 Å². The van der Waals surface area contributed by atoms with Crippen molar-refractivity contribution < 1.29 is 0 Å². The molecule has 0 aliphatic heterocycles. The number of rotatable bonds is 2. The number of fused-ring (bicyclic) bond motifs is 3. The summed E-state index contributed by atoms with van der Waals surface area (Å²) in [5.41, 5.74) is 12.3. The first-order chi connectivity index (χ1) is 14.4. The Labute approximate surface area is 174 Å². The quantitative estimate of drug-likeness (QED) is 0.365. The standard InChI is InChI=1S/C25H18.C2H6.CH5N/c1-3-11-19(12-4-1)25(20-13-5-2-6-14-20)23-17-9-7-15-21(23)22-16-8-10-18-24(22)25;2*1-2/h1-18H;1-2H3;2H2,1H3. The molecule has 29 heavy (non-hydrogen) atoms. The molecular weight excluding hydrogens is 350 g/mol. The van der Waals surface area contributed by atoms with Gasteiger partial charge in [-0.1, -0.05) is 123 Å². The van der Waals surface area contributed by atoms with Crippen molar-refractivity contribution in [2.24, 2.45) is 5.73 Å². The topological polar surface area (TPSA) is 26.0 Å². The van der Waals surface area contributed by atoms with Gasteiger partial charge in [-0.25, -0.2) is 0 Å². The maximum absolute atomic E-state index is 4.50. The zero-order valence-corrected chi connectivity index (χ0v) is 17.5. The Hall–Kier alpha value is -3.16. The van der Waals surface area contributed by atoms with Crippen molar-refractivity contribution in [2.45, 2.75) is 19.3 Å². The van der Waals surface area contributed by atoms with Crippen LogP contribution in [0.15, 0.2) is 109 Å². The maximum atomic E-state index is 4.50. The summed E-state index contributed by atoms with van der Waals surface area (Å²) >= 11 is 0. The first-order valence-electron chi connectivity index (χ1n) is 10.3. The smallest absolute Gasteiger partial charge is 0.0713 e. The zero-order chi connectivity index (χ0) is 20.7. The monoisotopic (exact) mass is 379 g/mol. The van der Waals surface area contributed by atoms with E-state index in [-0.39, 0.29) is 5.41 Å². The average Bonchev–Trinajstić information content (AvgIpc) is 3.14. The molecule has 0 bridgehead atoms. The highest BCUT2D eigenvalue weighted by atomic mass is 14.5. The molecule has 0 saturated carbocycles. The Bertz CT molecular complexity index is 949. The van der Waals surface area contributed by atoms with Crippen LogP contribution in [0.25, 0.3) is 11.1 Å². The SMILES string of the molecule is CC.CN.c1ccc(C2(c3ccccc3)c3ccccc3-c3ccccc32)cc1. The fraction of sp³-hybridized carbons (Fsp3) is 0.143. The van der Waals surface area contributed by atoms with Gasteiger partial charge < -0.3 is 5.73 Å². The average molecular weight is 380 g/mol. The third kappa shape index (κ3) is 3.28. The summed E-state index contributed by atoms with van der Waals surface area (Å²) in [4.78, 5) is 0. The number of benzene rings is 4. The first kappa shape index (κ1) is 20.6. The second-order valence-corrected chi connectivity index (χ2v) is 6.57. The highest BCUT2D eigenvalue weighted by molar-refractivity contribution is 5.86. The van der Waals surface area contributed by atoms with Gasteiger partial charge in [0.15, 0.2) is 0 Å². The molecular formula is C28H29N. The summed E-state index contributed by atoms with van der Waals surface area (Å²) < 4.78 is 0. The minimum Gasteiger partial charge on any atom is -0.333 e. The highest BCUT2D eigenvalue weighted by Gasteiger charge is 2.45. The predicted octanol–water partition coefficient (Wildman–Crippen LogP) is 6.65. The lowest BCUT2D eigenvalue weighted by molar-refractivity contribution is 0.768. The van der Waals surface area contributed by atoms with E-state index in [2.05, 4.69) is 115 Å². The zero-order valence-electron chi connectivity index (χ0n) is 17.5. The third-order valence-corrected chi connectivity index (χ3v) is 5.37. The molecule has 0 unspecified atom stereocenters. The minimum absolute atomic E-state index is 0.254. The van der Waals surface area contributed by atoms with Gasteiger partial charge in [-0.3, -0.25) is 0 Å². The molecule has 5 rings (SSSR count). The van der Waals surface area contributed by atoms with Crippen molar-refractivity contribution in [1.82, 2.24) is 0 Å². The van der Waals surface area contributed by atoms with Gasteiger partial charge in [0.1, 0.15) is 0 Å². The summed E-state index contributed by atoms with van der Waals surface area (Å²) in [5, 5.41) is 0. The predicted molar refractivity (Wildman–Crippen MR) is 125 cm³/mol. The van der Waals surface area contributed by atoms with Gasteiger partial charge in [-0.05, 0) is 40.4 Å². The van der Waals surface area contributed by atoms with Gasteiger partial charge in [0.05, 0.1) is 5.41 Å². The van der Waals surface area contributed by atoms with Crippen LogP contribution in [0.3, 0.4) is 0 Å². The normalized spacial score (nSPS) is 12.4. The minimum atomic E-state index is -0.254. The van der Waals surface area contributed by atoms with Crippen molar-refractivity contribution >= 4 is 0 Å². The van der Waals surface area contributed by atoms with Crippen LogP contribution in [0.5, 0.6) is 0 Å². The molecule has 1 nitrogen and oxygen atoms in total. The molecule has 4 aromatic rings. The Morgan fingerprint density at radius 2 is 0.759 bits per heavy atom. The number of nitrogens with two attached hydrogens (primary N) is 1. The second kappa shape index (κ2) is 9.36. The van der Waals surface area contributed by atoms with E-state index in [0.29, 0.717) is 0 Å². The van der Waals surface area contributed by atoms with E-state index < -0.39 is 0 Å². The Balaban J connectivity index is 0.000000568. The second-order valence-electron chi connectivity index (χ2n) is 6.57. The van der Waals surface area contributed by atoms with E-state index >= 15 is 0 Å². The molecule has 0 fully saturated rings. The van der Waals surface area contributed by atoms with Gasteiger partial charge in [-0.15, -0.1) is 0 Å². The molecule has 1 aliphatic rings. The Kier molecular flexibility index (Phi) is 6.64. The van der Waals surface area contributed by atoms with Crippen LogP contribution in [0.1, 0.15) is 36.1 Å². The highest BCUT2D eigenvalue weighted by Crippen LogP contribution is 2.55. The van der Waals surface area contributed by atoms with Crippen LogP contribution >= 0.6 is 0 Å². The van der Waals surface area contributed by atoms with Crippen molar-refractivity contribution in [2.75, 3.05) is 7.05 Å². The number of hydrogen-bond acceptors (Lipinski definition) is 1. The van der Waals surface area contributed by atoms with Gasteiger partial charge in [0.25, 0.3) is 0 Å². The molecule has 0 atom stereocenters. The van der Waals surface area contributed by atoms with Gasteiger partial charge in [0.2, 0.25) is 0 Å². The van der Waals surface area contributed by atoms with Crippen LogP contribution in [0.2, 0.25) is 0 Å². The summed E-state index contributed by atoms with van der Waals surface area (Å²) in [7, 11) is 1.50. The molecule has 0 aromatic heterocycles. The summed E-state index contributed by atoms with van der Waals surface area (Å²) in [6.07, 6.45) is 0. The lowest BCUT2D eigenvalue weighted by Crippen LogP contribution is -2.28. The fourth-order valence-corrected chi connectivity index (χ4v) is 4.40. The Morgan fingerprint density at radius 3 is 1.14 bits per heavy atom. The molecule has 146 valence electrons. The van der Waals surface area contributed by atoms with Crippen molar-refractivity contribution in [1.29, 1.82) is 0 Å². The molecule has 0 saturated heterocycles. The molecule has 1 aliphatic carbocycles. The molecule has 0 heterocycles. The summed E-state index contributed by atoms with van der Waals surface area (Å²) in [5.74, 6) is 0. The van der Waals surface area contributed by atoms with E-state index in [1.165, 1.54) is 40.4 Å². The van der Waals surface area contributed by atoms with Crippen LogP contribution in [-0.2, 0) is 5.41 Å². The maximum Gasteiger partial charge on any atom is 0.0713 e. The molecule has 0 amide bonds. The van der Waals surface area contributed by atoms with Crippen LogP contribution in [0, 0.1) is 0 Å².